The lowest BCUT2D eigenvalue weighted by atomic mass is 10.1. The average molecular weight is 385 g/mol. The Labute approximate surface area is 165 Å². The average Bonchev–Trinajstić information content (AvgIpc) is 2.73. The molecule has 0 spiro atoms. The first-order valence-electron chi connectivity index (χ1n) is 9.37. The molecule has 7 nitrogen and oxygen atoms in total. The third-order valence-electron chi connectivity index (χ3n) is 4.73. The highest BCUT2D eigenvalue weighted by Gasteiger charge is 2.18. The molecule has 7 heteroatoms. The molecule has 0 aliphatic rings. The molecule has 2 aromatic carbocycles. The van der Waals surface area contributed by atoms with Gasteiger partial charge in [-0.3, -0.25) is 14.9 Å². The second-order valence-corrected chi connectivity index (χ2v) is 6.41. The van der Waals surface area contributed by atoms with E-state index in [-0.39, 0.29) is 11.6 Å². The van der Waals surface area contributed by atoms with E-state index in [4.69, 9.17) is 4.74 Å². The zero-order valence-corrected chi connectivity index (χ0v) is 16.6. The van der Waals surface area contributed by atoms with Crippen LogP contribution in [0.4, 0.5) is 5.69 Å². The molecule has 0 aliphatic carbocycles. The number of carbonyl (C=O) groups excluding carboxylic acids is 1. The van der Waals surface area contributed by atoms with Crippen LogP contribution in [-0.4, -0.2) is 53.9 Å². The van der Waals surface area contributed by atoms with Crippen molar-refractivity contribution < 1.29 is 14.5 Å². The van der Waals surface area contributed by atoms with Gasteiger partial charge in [0.2, 0.25) is 0 Å². The number of benzene rings is 2. The van der Waals surface area contributed by atoms with Gasteiger partial charge in [0.15, 0.2) is 0 Å². The number of rotatable bonds is 10. The number of nitrogens with zero attached hydrogens (tertiary/aromatic N) is 3. The Kier molecular flexibility index (Phi) is 7.95. The number of nitro benzene ring substituents is 1. The van der Waals surface area contributed by atoms with Crippen molar-refractivity contribution in [2.45, 2.75) is 20.4 Å². The molecule has 0 heterocycles. The van der Waals surface area contributed by atoms with Crippen LogP contribution in [0.1, 0.15) is 29.8 Å². The minimum Gasteiger partial charge on any atom is -0.497 e. The highest BCUT2D eigenvalue weighted by molar-refractivity contribution is 5.94. The first-order chi connectivity index (χ1) is 13.5. The highest BCUT2D eigenvalue weighted by atomic mass is 16.6. The lowest BCUT2D eigenvalue weighted by Crippen LogP contribution is -2.38. The van der Waals surface area contributed by atoms with Crippen LogP contribution < -0.4 is 4.74 Å². The predicted octanol–water partition coefficient (Wildman–Crippen LogP) is 3.59. The number of hydrogen-bond donors (Lipinski definition) is 0. The van der Waals surface area contributed by atoms with E-state index in [0.29, 0.717) is 18.7 Å². The summed E-state index contributed by atoms with van der Waals surface area (Å²) in [6.07, 6.45) is 0. The van der Waals surface area contributed by atoms with Gasteiger partial charge in [-0.2, -0.15) is 0 Å². The van der Waals surface area contributed by atoms with E-state index in [0.717, 1.165) is 30.9 Å². The van der Waals surface area contributed by atoms with Crippen molar-refractivity contribution >= 4 is 11.6 Å². The van der Waals surface area contributed by atoms with E-state index in [1.807, 2.05) is 24.3 Å². The normalized spacial score (nSPS) is 10.7. The molecule has 2 rings (SSSR count). The van der Waals surface area contributed by atoms with Gasteiger partial charge in [-0.1, -0.05) is 26.0 Å². The van der Waals surface area contributed by atoms with Crippen molar-refractivity contribution in [2.24, 2.45) is 0 Å². The molecule has 0 bridgehead atoms. The largest absolute Gasteiger partial charge is 0.497 e. The first-order valence-corrected chi connectivity index (χ1v) is 9.37. The number of ether oxygens (including phenoxy) is 1. The zero-order chi connectivity index (χ0) is 20.5. The molecule has 1 amide bonds. The van der Waals surface area contributed by atoms with Crippen molar-refractivity contribution in [3.05, 3.63) is 69.8 Å². The van der Waals surface area contributed by atoms with Gasteiger partial charge in [0.25, 0.3) is 11.6 Å². The lowest BCUT2D eigenvalue weighted by molar-refractivity contribution is -0.384. The van der Waals surface area contributed by atoms with Crippen LogP contribution in [0.5, 0.6) is 5.75 Å². The SMILES string of the molecule is CCN(CC)CCN(Cc1ccc(OC)cc1)C(=O)c1ccc([N+](=O)[O-])cc1. The topological polar surface area (TPSA) is 75.9 Å². The molecular formula is C21H27N3O4. The molecule has 150 valence electrons. The molecule has 0 radical (unpaired) electrons. The smallest absolute Gasteiger partial charge is 0.269 e. The monoisotopic (exact) mass is 385 g/mol. The van der Waals surface area contributed by atoms with E-state index in [2.05, 4.69) is 18.7 Å². The third-order valence-corrected chi connectivity index (χ3v) is 4.73. The molecule has 0 saturated heterocycles. The maximum atomic E-state index is 13.1. The Morgan fingerprint density at radius 3 is 2.11 bits per heavy atom. The van der Waals surface area contributed by atoms with E-state index < -0.39 is 4.92 Å². The minimum atomic E-state index is -0.468. The van der Waals surface area contributed by atoms with Crippen molar-refractivity contribution in [1.29, 1.82) is 0 Å². The molecule has 0 unspecified atom stereocenters. The fourth-order valence-corrected chi connectivity index (χ4v) is 2.91. The van der Waals surface area contributed by atoms with Crippen LogP contribution in [-0.2, 0) is 6.54 Å². The van der Waals surface area contributed by atoms with Crippen LogP contribution in [0.25, 0.3) is 0 Å². The van der Waals surface area contributed by atoms with Gasteiger partial charge in [0.1, 0.15) is 5.75 Å². The molecule has 0 aromatic heterocycles. The summed E-state index contributed by atoms with van der Waals surface area (Å²) in [6.45, 7) is 7.81. The van der Waals surface area contributed by atoms with Crippen molar-refractivity contribution in [3.8, 4) is 5.75 Å². The van der Waals surface area contributed by atoms with Gasteiger partial charge in [-0.05, 0) is 42.9 Å². The van der Waals surface area contributed by atoms with E-state index in [1.165, 1.54) is 24.3 Å². The minimum absolute atomic E-state index is 0.0265. The Morgan fingerprint density at radius 2 is 1.61 bits per heavy atom. The van der Waals surface area contributed by atoms with Gasteiger partial charge < -0.3 is 14.5 Å². The summed E-state index contributed by atoms with van der Waals surface area (Å²) in [5, 5.41) is 10.8. The number of nitro groups is 1. The number of non-ortho nitro benzene ring substituents is 1. The summed E-state index contributed by atoms with van der Waals surface area (Å²) in [6, 6.07) is 13.4. The van der Waals surface area contributed by atoms with Crippen LogP contribution in [0.3, 0.4) is 0 Å². The molecule has 0 N–H and O–H groups in total. The lowest BCUT2D eigenvalue weighted by Gasteiger charge is -2.27. The first kappa shape index (κ1) is 21.4. The van der Waals surface area contributed by atoms with Gasteiger partial charge in [-0.25, -0.2) is 0 Å². The van der Waals surface area contributed by atoms with Crippen LogP contribution >= 0.6 is 0 Å². The van der Waals surface area contributed by atoms with Crippen molar-refractivity contribution in [1.82, 2.24) is 9.80 Å². The standard InChI is InChI=1S/C21H27N3O4/c1-4-22(5-2)14-15-23(16-17-6-12-20(28-3)13-7-17)21(25)18-8-10-19(11-9-18)24(26)27/h6-13H,4-5,14-16H2,1-3H3. The fraction of sp³-hybridized carbons (Fsp3) is 0.381. The van der Waals surface area contributed by atoms with Gasteiger partial charge in [0, 0.05) is 37.3 Å². The van der Waals surface area contributed by atoms with Crippen LogP contribution in [0.15, 0.2) is 48.5 Å². The Balaban J connectivity index is 2.19. The molecule has 28 heavy (non-hydrogen) atoms. The number of likely N-dealkylation sites (N-methyl/N-ethyl adjacent to an activating group) is 1. The Hall–Kier alpha value is -2.93. The maximum absolute atomic E-state index is 13.1. The van der Waals surface area contributed by atoms with E-state index in [1.54, 1.807) is 12.0 Å². The summed E-state index contributed by atoms with van der Waals surface area (Å²) in [5.41, 5.74) is 1.41. The Morgan fingerprint density at radius 1 is 1.00 bits per heavy atom. The summed E-state index contributed by atoms with van der Waals surface area (Å²) in [7, 11) is 1.61. The van der Waals surface area contributed by atoms with Gasteiger partial charge in [0.05, 0.1) is 12.0 Å². The van der Waals surface area contributed by atoms with E-state index in [9.17, 15) is 14.9 Å². The molecule has 0 aliphatic heterocycles. The highest BCUT2D eigenvalue weighted by Crippen LogP contribution is 2.17. The quantitative estimate of drug-likeness (QED) is 0.461. The number of hydrogen-bond acceptors (Lipinski definition) is 5. The molecular weight excluding hydrogens is 358 g/mol. The fourth-order valence-electron chi connectivity index (χ4n) is 2.91. The molecule has 2 aromatic rings. The summed E-state index contributed by atoms with van der Waals surface area (Å²) in [5.74, 6) is 0.623. The van der Waals surface area contributed by atoms with Crippen LogP contribution in [0.2, 0.25) is 0 Å². The van der Waals surface area contributed by atoms with Crippen molar-refractivity contribution in [3.63, 3.8) is 0 Å². The summed E-state index contributed by atoms with van der Waals surface area (Å²) >= 11 is 0. The van der Waals surface area contributed by atoms with Gasteiger partial charge in [-0.15, -0.1) is 0 Å². The molecule has 0 fully saturated rings. The van der Waals surface area contributed by atoms with Crippen molar-refractivity contribution in [2.75, 3.05) is 33.3 Å². The maximum Gasteiger partial charge on any atom is 0.269 e. The summed E-state index contributed by atoms with van der Waals surface area (Å²) in [4.78, 5) is 27.5. The zero-order valence-electron chi connectivity index (χ0n) is 16.6. The number of carbonyl (C=O) groups is 1. The number of methoxy groups -OCH3 is 1. The van der Waals surface area contributed by atoms with Gasteiger partial charge >= 0.3 is 0 Å². The second kappa shape index (κ2) is 10.4. The molecule has 0 atom stereocenters. The predicted molar refractivity (Wildman–Crippen MR) is 109 cm³/mol. The summed E-state index contributed by atoms with van der Waals surface area (Å²) < 4.78 is 5.19. The third kappa shape index (κ3) is 5.79. The number of amides is 1. The van der Waals surface area contributed by atoms with Crippen LogP contribution in [0, 0.1) is 10.1 Å². The second-order valence-electron chi connectivity index (χ2n) is 6.41. The van der Waals surface area contributed by atoms with E-state index >= 15 is 0 Å². The Bertz CT molecular complexity index is 771. The molecule has 0 saturated carbocycles.